The molecule has 7 heteroatoms. The Morgan fingerprint density at radius 3 is 2.22 bits per heavy atom. The lowest BCUT2D eigenvalue weighted by Gasteiger charge is -2.40. The summed E-state index contributed by atoms with van der Waals surface area (Å²) in [4.78, 5) is 11.6. The average Bonchev–Trinajstić information content (AvgIpc) is 2.95. The van der Waals surface area contributed by atoms with Crippen molar-refractivity contribution < 1.29 is 23.8 Å². The maximum atomic E-state index is 11.6. The first-order valence-corrected chi connectivity index (χ1v) is 17.3. The first-order valence-electron chi connectivity index (χ1n) is 14.4. The van der Waals surface area contributed by atoms with Crippen LogP contribution in [0.5, 0.6) is 5.75 Å². The van der Waals surface area contributed by atoms with Crippen molar-refractivity contribution in [2.75, 3.05) is 13.7 Å². The van der Waals surface area contributed by atoms with Gasteiger partial charge in [-0.25, -0.2) is 0 Å². The van der Waals surface area contributed by atoms with E-state index in [2.05, 4.69) is 64.3 Å². The molecule has 3 rings (SSSR count). The van der Waals surface area contributed by atoms with Gasteiger partial charge in [0.05, 0.1) is 26.2 Å². The summed E-state index contributed by atoms with van der Waals surface area (Å²) < 4.78 is 17.8. The maximum Gasteiger partial charge on any atom is 0.309 e. The Kier molecular flexibility index (Phi) is 11.7. The largest absolute Gasteiger partial charge is 0.489 e. The van der Waals surface area contributed by atoms with E-state index in [9.17, 15) is 9.90 Å². The van der Waals surface area contributed by atoms with E-state index < -0.39 is 8.32 Å². The van der Waals surface area contributed by atoms with E-state index in [1.165, 1.54) is 12.7 Å². The monoisotopic (exact) mass is 577 g/mol. The summed E-state index contributed by atoms with van der Waals surface area (Å²) >= 11 is 0. The summed E-state index contributed by atoms with van der Waals surface area (Å²) in [6, 6.07) is 24.4. The highest BCUT2D eigenvalue weighted by atomic mass is 28.4. The highest BCUT2D eigenvalue weighted by Gasteiger charge is 2.39. The summed E-state index contributed by atoms with van der Waals surface area (Å²) in [7, 11) is -0.684. The number of ether oxygens (including phenoxy) is 2. The summed E-state index contributed by atoms with van der Waals surface area (Å²) in [6.45, 7) is 14.4. The van der Waals surface area contributed by atoms with E-state index in [1.807, 2.05) is 54.6 Å². The molecule has 2 N–H and O–H groups in total. The molecule has 0 amide bonds. The molecule has 0 heterocycles. The normalized spacial score (nSPS) is 13.5. The molecule has 2 atom stereocenters. The Morgan fingerprint density at radius 2 is 1.61 bits per heavy atom. The van der Waals surface area contributed by atoms with Gasteiger partial charge in [0.25, 0.3) is 0 Å². The molecule has 0 bridgehead atoms. The van der Waals surface area contributed by atoms with Gasteiger partial charge in [-0.1, -0.05) is 81.4 Å². The summed E-state index contributed by atoms with van der Waals surface area (Å²) in [5.74, 6) is 0.448. The van der Waals surface area contributed by atoms with E-state index in [0.29, 0.717) is 18.9 Å². The summed E-state index contributed by atoms with van der Waals surface area (Å²) in [5.41, 5.74) is 5.00. The first kappa shape index (κ1) is 32.5. The summed E-state index contributed by atoms with van der Waals surface area (Å²) in [6.07, 6.45) is 0.955. The molecule has 0 saturated carbocycles. The van der Waals surface area contributed by atoms with Crippen molar-refractivity contribution in [3.63, 3.8) is 0 Å². The predicted molar refractivity (Wildman–Crippen MR) is 167 cm³/mol. The van der Waals surface area contributed by atoms with Gasteiger partial charge in [-0.15, -0.1) is 0 Å². The number of carbonyl (C=O) groups is 1. The van der Waals surface area contributed by atoms with Gasteiger partial charge < -0.3 is 24.3 Å². The molecule has 222 valence electrons. The smallest absolute Gasteiger partial charge is 0.309 e. The second kappa shape index (κ2) is 14.8. The Bertz CT molecular complexity index is 1240. The van der Waals surface area contributed by atoms with Gasteiger partial charge in [0.15, 0.2) is 8.32 Å². The fraction of sp³-hybridized carbons (Fsp3) is 0.441. The molecule has 3 aromatic rings. The lowest BCUT2D eigenvalue weighted by Crippen LogP contribution is -2.44. The minimum Gasteiger partial charge on any atom is -0.489 e. The first-order chi connectivity index (χ1) is 19.4. The zero-order chi connectivity index (χ0) is 30.0. The van der Waals surface area contributed by atoms with Gasteiger partial charge in [-0.2, -0.15) is 0 Å². The number of methoxy groups -OCH3 is 1. The number of hydrogen-bond donors (Lipinski definition) is 2. The Hall–Kier alpha value is -2.97. The van der Waals surface area contributed by atoms with E-state index in [-0.39, 0.29) is 36.2 Å². The average molecular weight is 578 g/mol. The fourth-order valence-electron chi connectivity index (χ4n) is 4.33. The van der Waals surface area contributed by atoms with Crippen molar-refractivity contribution in [2.24, 2.45) is 0 Å². The van der Waals surface area contributed by atoms with Gasteiger partial charge in [0.2, 0.25) is 0 Å². The van der Waals surface area contributed by atoms with Crippen LogP contribution in [-0.4, -0.2) is 39.1 Å². The van der Waals surface area contributed by atoms with Crippen molar-refractivity contribution in [1.29, 1.82) is 0 Å². The number of hydrogen-bond acceptors (Lipinski definition) is 6. The SMILES string of the molecule is COC(=O)Cc1ccc(C[C@@H](C)NC[C@H](O[Si](C)(C)C(C)(C)C)c2ccc(OCc3ccccc3)c(CO)c2)cc1. The number of aliphatic hydroxyl groups excluding tert-OH is 1. The minimum atomic E-state index is -2.09. The van der Waals surface area contributed by atoms with E-state index >= 15 is 0 Å². The van der Waals surface area contributed by atoms with Crippen LogP contribution in [0.4, 0.5) is 0 Å². The maximum absolute atomic E-state index is 11.6. The van der Waals surface area contributed by atoms with Crippen LogP contribution in [0, 0.1) is 0 Å². The van der Waals surface area contributed by atoms with Crippen LogP contribution >= 0.6 is 0 Å². The lowest BCUT2D eigenvalue weighted by molar-refractivity contribution is -0.139. The number of nitrogens with one attached hydrogen (secondary N) is 1. The van der Waals surface area contributed by atoms with Crippen LogP contribution in [-0.2, 0) is 40.0 Å². The van der Waals surface area contributed by atoms with Crippen LogP contribution < -0.4 is 10.1 Å². The number of carbonyl (C=O) groups excluding carboxylic acids is 1. The second-order valence-corrected chi connectivity index (χ2v) is 17.0. The fourth-order valence-corrected chi connectivity index (χ4v) is 5.61. The zero-order valence-corrected chi connectivity index (χ0v) is 26.7. The highest BCUT2D eigenvalue weighted by Crippen LogP contribution is 2.40. The van der Waals surface area contributed by atoms with E-state index in [4.69, 9.17) is 13.9 Å². The molecular weight excluding hydrogens is 530 g/mol. The molecular formula is C34H47NO5Si. The zero-order valence-electron chi connectivity index (χ0n) is 25.7. The molecule has 41 heavy (non-hydrogen) atoms. The molecule has 0 unspecified atom stereocenters. The quantitative estimate of drug-likeness (QED) is 0.163. The van der Waals surface area contributed by atoms with Gasteiger partial charge in [-0.3, -0.25) is 4.79 Å². The van der Waals surface area contributed by atoms with Gasteiger partial charge in [-0.05, 0) is 65.9 Å². The number of rotatable bonds is 14. The van der Waals surface area contributed by atoms with Crippen LogP contribution in [0.25, 0.3) is 0 Å². The standard InChI is InChI=1S/C34H47NO5Si/c1-25(19-26-13-15-27(16-14-26)20-33(37)38-5)35-22-32(40-41(6,7)34(2,3)4)29-17-18-31(30(21-29)23-36)39-24-28-11-9-8-10-12-28/h8-18,21,25,32,35-36H,19-20,22-24H2,1-7H3/t25-,32+/m1/s1. The van der Waals surface area contributed by atoms with Crippen LogP contribution in [0.15, 0.2) is 72.8 Å². The summed E-state index contributed by atoms with van der Waals surface area (Å²) in [5, 5.41) is 13.9. The topological polar surface area (TPSA) is 77.0 Å². The van der Waals surface area contributed by atoms with Crippen molar-refractivity contribution in [3.05, 3.63) is 101 Å². The number of benzene rings is 3. The minimum absolute atomic E-state index is 0.0569. The molecule has 0 aromatic heterocycles. The highest BCUT2D eigenvalue weighted by molar-refractivity contribution is 6.74. The van der Waals surface area contributed by atoms with Crippen LogP contribution in [0.3, 0.4) is 0 Å². The lowest BCUT2D eigenvalue weighted by atomic mass is 10.0. The Balaban J connectivity index is 1.73. The van der Waals surface area contributed by atoms with Crippen LogP contribution in [0.2, 0.25) is 18.1 Å². The molecule has 0 spiro atoms. The van der Waals surface area contributed by atoms with Crippen molar-refractivity contribution in [1.82, 2.24) is 5.32 Å². The second-order valence-electron chi connectivity index (χ2n) is 12.2. The predicted octanol–water partition coefficient (Wildman–Crippen LogP) is 6.76. The molecule has 3 aromatic carbocycles. The molecule has 0 saturated heterocycles. The molecule has 0 fully saturated rings. The third kappa shape index (κ3) is 9.82. The van der Waals surface area contributed by atoms with Gasteiger partial charge in [0, 0.05) is 18.2 Å². The third-order valence-electron chi connectivity index (χ3n) is 7.90. The Labute approximate surface area is 247 Å². The molecule has 0 aliphatic heterocycles. The molecule has 0 aliphatic carbocycles. The number of esters is 1. The van der Waals surface area contributed by atoms with E-state index in [1.54, 1.807) is 0 Å². The molecule has 0 aliphatic rings. The molecule has 0 radical (unpaired) electrons. The Morgan fingerprint density at radius 1 is 0.951 bits per heavy atom. The van der Waals surface area contributed by atoms with Gasteiger partial charge in [0.1, 0.15) is 12.4 Å². The molecule has 6 nitrogen and oxygen atoms in total. The van der Waals surface area contributed by atoms with Crippen molar-refractivity contribution in [3.8, 4) is 5.75 Å². The van der Waals surface area contributed by atoms with Crippen molar-refractivity contribution >= 4 is 14.3 Å². The third-order valence-corrected chi connectivity index (χ3v) is 12.4. The van der Waals surface area contributed by atoms with Crippen molar-refractivity contribution in [2.45, 2.75) is 84.0 Å². The number of aliphatic hydroxyl groups is 1. The van der Waals surface area contributed by atoms with Gasteiger partial charge >= 0.3 is 5.97 Å². The van der Waals surface area contributed by atoms with E-state index in [0.717, 1.165) is 28.7 Å². The van der Waals surface area contributed by atoms with Crippen LogP contribution in [0.1, 0.15) is 61.6 Å².